The van der Waals surface area contributed by atoms with E-state index in [4.69, 9.17) is 4.74 Å². The maximum atomic E-state index is 12.8. The molecule has 0 aliphatic heterocycles. The molecule has 1 aromatic heterocycles. The van der Waals surface area contributed by atoms with Gasteiger partial charge in [0.15, 0.2) is 5.69 Å². The van der Waals surface area contributed by atoms with Gasteiger partial charge in [0, 0.05) is 13.0 Å². The van der Waals surface area contributed by atoms with Gasteiger partial charge in [0.25, 0.3) is 0 Å². The van der Waals surface area contributed by atoms with E-state index in [-0.39, 0.29) is 30.3 Å². The van der Waals surface area contributed by atoms with Gasteiger partial charge in [-0.2, -0.15) is 0 Å². The summed E-state index contributed by atoms with van der Waals surface area (Å²) in [6.07, 6.45) is 1.47. The summed E-state index contributed by atoms with van der Waals surface area (Å²) in [5.74, 6) is -0.787. The minimum absolute atomic E-state index is 0. The largest absolute Gasteiger partial charge is 0.478 e. The summed E-state index contributed by atoms with van der Waals surface area (Å²) in [4.78, 5) is 29.0. The Bertz CT molecular complexity index is 1150. The summed E-state index contributed by atoms with van der Waals surface area (Å²) < 4.78 is 7.09. The van der Waals surface area contributed by atoms with Crippen molar-refractivity contribution in [3.05, 3.63) is 76.9 Å². The van der Waals surface area contributed by atoms with Crippen LogP contribution in [-0.2, 0) is 23.3 Å². The highest BCUT2D eigenvalue weighted by Crippen LogP contribution is 2.28. The first-order chi connectivity index (χ1) is 15.7. The third kappa shape index (κ3) is 5.85. The molecule has 2 N–H and O–H groups in total. The molecule has 3 aromatic rings. The Balaban J connectivity index is 0.00000408. The Hall–Kier alpha value is -3.16. The van der Waals surface area contributed by atoms with Gasteiger partial charge >= 0.3 is 11.9 Å². The van der Waals surface area contributed by atoms with Gasteiger partial charge in [0.05, 0.1) is 12.2 Å². The lowest BCUT2D eigenvalue weighted by molar-refractivity contribution is 0.0469. The monoisotopic (exact) mass is 486 g/mol. The Labute approximate surface area is 205 Å². The average molecular weight is 487 g/mol. The standard InChI is InChI=1S/C26H30N2O5.ClH/c1-5-9-21-27-23(26(3,4)32)22(25(31)33-6-2)28(21)16-17-12-14-18(15-13-17)19-10-7-8-11-20(19)24(29)30;/h7-8,10-15,32H,5-6,9,16H2,1-4H3,(H,29,30);1H. The van der Waals surface area contributed by atoms with Gasteiger partial charge in [-0.15, -0.1) is 12.4 Å². The summed E-state index contributed by atoms with van der Waals surface area (Å²) in [5, 5.41) is 20.1. The van der Waals surface area contributed by atoms with E-state index < -0.39 is 17.5 Å². The van der Waals surface area contributed by atoms with Crippen LogP contribution >= 0.6 is 12.4 Å². The number of carboxylic acids is 1. The predicted octanol–water partition coefficient (Wildman–Crippen LogP) is 5.08. The van der Waals surface area contributed by atoms with Gasteiger partial charge in [-0.05, 0) is 49.9 Å². The number of halogens is 1. The number of benzene rings is 2. The number of imidazole rings is 1. The maximum absolute atomic E-state index is 12.8. The number of hydrogen-bond acceptors (Lipinski definition) is 5. The molecule has 8 heteroatoms. The van der Waals surface area contributed by atoms with Crippen LogP contribution in [0.2, 0.25) is 0 Å². The molecule has 0 spiro atoms. The molecule has 0 aliphatic rings. The number of carbonyl (C=O) groups is 2. The minimum atomic E-state index is -1.31. The fourth-order valence-electron chi connectivity index (χ4n) is 3.81. The van der Waals surface area contributed by atoms with Crippen LogP contribution in [0.15, 0.2) is 48.5 Å². The molecule has 0 aliphatic carbocycles. The topological polar surface area (TPSA) is 102 Å². The molecule has 0 atom stereocenters. The molecule has 0 saturated carbocycles. The fourth-order valence-corrected chi connectivity index (χ4v) is 3.81. The van der Waals surface area contributed by atoms with Gasteiger partial charge in [0.2, 0.25) is 0 Å². The second-order valence-corrected chi connectivity index (χ2v) is 8.39. The van der Waals surface area contributed by atoms with Crippen LogP contribution in [0.1, 0.15) is 72.0 Å². The van der Waals surface area contributed by atoms with E-state index >= 15 is 0 Å². The molecule has 34 heavy (non-hydrogen) atoms. The molecule has 2 aromatic carbocycles. The van der Waals surface area contributed by atoms with E-state index in [1.165, 1.54) is 0 Å². The van der Waals surface area contributed by atoms with Crippen LogP contribution in [-0.4, -0.2) is 38.3 Å². The lowest BCUT2D eigenvalue weighted by atomic mass is 9.98. The second-order valence-electron chi connectivity index (χ2n) is 8.39. The third-order valence-electron chi connectivity index (χ3n) is 5.33. The number of nitrogens with zero attached hydrogens (tertiary/aromatic N) is 2. The van der Waals surface area contributed by atoms with E-state index in [1.807, 2.05) is 41.8 Å². The Morgan fingerprint density at radius 1 is 1.06 bits per heavy atom. The number of hydrogen-bond donors (Lipinski definition) is 2. The number of aryl methyl sites for hydroxylation is 1. The van der Waals surface area contributed by atoms with Crippen molar-refractivity contribution in [2.24, 2.45) is 0 Å². The summed E-state index contributed by atoms with van der Waals surface area (Å²) in [5.41, 5.74) is 1.84. The first-order valence-electron chi connectivity index (χ1n) is 11.1. The van der Waals surface area contributed by atoms with Crippen molar-refractivity contribution in [3.8, 4) is 11.1 Å². The van der Waals surface area contributed by atoms with Gasteiger partial charge in [0.1, 0.15) is 17.1 Å². The quantitative estimate of drug-likeness (QED) is 0.409. The molecular formula is C26H31ClN2O5. The van der Waals surface area contributed by atoms with Crippen LogP contribution in [0.5, 0.6) is 0 Å². The Kier molecular flexibility index (Phi) is 9.01. The second kappa shape index (κ2) is 11.3. The van der Waals surface area contributed by atoms with Crippen molar-refractivity contribution in [1.82, 2.24) is 9.55 Å². The van der Waals surface area contributed by atoms with Gasteiger partial charge in [-0.1, -0.05) is 49.4 Å². The maximum Gasteiger partial charge on any atom is 0.357 e. The van der Waals surface area contributed by atoms with Crippen LogP contribution in [0.25, 0.3) is 11.1 Å². The fraction of sp³-hybridized carbons (Fsp3) is 0.346. The molecule has 0 bridgehead atoms. The molecule has 182 valence electrons. The first-order valence-corrected chi connectivity index (χ1v) is 11.1. The Morgan fingerprint density at radius 3 is 2.26 bits per heavy atom. The average Bonchev–Trinajstić information content (AvgIpc) is 3.13. The highest BCUT2D eigenvalue weighted by atomic mass is 35.5. The van der Waals surface area contributed by atoms with Crippen molar-refractivity contribution in [2.75, 3.05) is 6.61 Å². The SMILES string of the molecule is CCCc1nc(C(C)(C)O)c(C(=O)OCC)n1Cc1ccc(-c2ccccc2C(=O)O)cc1.Cl. The van der Waals surface area contributed by atoms with Crippen LogP contribution < -0.4 is 0 Å². The van der Waals surface area contributed by atoms with E-state index in [2.05, 4.69) is 4.98 Å². The lowest BCUT2D eigenvalue weighted by Gasteiger charge is -2.17. The van der Waals surface area contributed by atoms with E-state index in [0.29, 0.717) is 30.0 Å². The predicted molar refractivity (Wildman–Crippen MR) is 133 cm³/mol. The number of aromatic nitrogens is 2. The number of carbonyl (C=O) groups excluding carboxylic acids is 1. The number of esters is 1. The van der Waals surface area contributed by atoms with Crippen molar-refractivity contribution in [2.45, 2.75) is 52.7 Å². The normalized spacial score (nSPS) is 11.1. The first kappa shape index (κ1) is 27.1. The molecule has 0 unspecified atom stereocenters. The summed E-state index contributed by atoms with van der Waals surface area (Å²) in [6, 6.07) is 14.4. The van der Waals surface area contributed by atoms with Crippen LogP contribution in [0, 0.1) is 0 Å². The number of carboxylic acid groups (broad SMARTS) is 1. The molecule has 3 rings (SSSR count). The third-order valence-corrected chi connectivity index (χ3v) is 5.33. The highest BCUT2D eigenvalue weighted by molar-refractivity contribution is 5.96. The van der Waals surface area contributed by atoms with Crippen LogP contribution in [0.3, 0.4) is 0 Å². The smallest absolute Gasteiger partial charge is 0.357 e. The number of aromatic carboxylic acids is 1. The molecule has 0 saturated heterocycles. The van der Waals surface area contributed by atoms with E-state index in [0.717, 1.165) is 17.5 Å². The Morgan fingerprint density at radius 2 is 1.71 bits per heavy atom. The number of rotatable bonds is 9. The summed E-state index contributed by atoms with van der Waals surface area (Å²) in [6.45, 7) is 7.56. The van der Waals surface area contributed by atoms with E-state index in [1.54, 1.807) is 39.0 Å². The zero-order chi connectivity index (χ0) is 24.2. The zero-order valence-corrected chi connectivity index (χ0v) is 20.7. The zero-order valence-electron chi connectivity index (χ0n) is 19.9. The van der Waals surface area contributed by atoms with Crippen LogP contribution in [0.4, 0.5) is 0 Å². The molecule has 1 heterocycles. The van der Waals surface area contributed by atoms with Gasteiger partial charge in [-0.25, -0.2) is 14.6 Å². The number of aliphatic hydroxyl groups is 1. The molecular weight excluding hydrogens is 456 g/mol. The van der Waals surface area contributed by atoms with Crippen molar-refractivity contribution in [3.63, 3.8) is 0 Å². The highest BCUT2D eigenvalue weighted by Gasteiger charge is 2.32. The van der Waals surface area contributed by atoms with Crippen molar-refractivity contribution < 1.29 is 24.5 Å². The van der Waals surface area contributed by atoms with Gasteiger partial charge in [-0.3, -0.25) is 0 Å². The lowest BCUT2D eigenvalue weighted by Crippen LogP contribution is -2.23. The minimum Gasteiger partial charge on any atom is -0.478 e. The molecule has 7 nitrogen and oxygen atoms in total. The molecule has 0 radical (unpaired) electrons. The summed E-state index contributed by atoms with van der Waals surface area (Å²) >= 11 is 0. The molecule has 0 fully saturated rings. The van der Waals surface area contributed by atoms with Crippen molar-refractivity contribution in [1.29, 1.82) is 0 Å². The van der Waals surface area contributed by atoms with Crippen molar-refractivity contribution >= 4 is 24.3 Å². The number of ether oxygens (including phenoxy) is 1. The molecule has 0 amide bonds. The van der Waals surface area contributed by atoms with Gasteiger partial charge < -0.3 is 19.5 Å². The summed E-state index contributed by atoms with van der Waals surface area (Å²) in [7, 11) is 0. The van der Waals surface area contributed by atoms with E-state index in [9.17, 15) is 19.8 Å².